The lowest BCUT2D eigenvalue weighted by Crippen LogP contribution is -2.51. The van der Waals surface area contributed by atoms with Gasteiger partial charge in [0.1, 0.15) is 12.6 Å². The molecule has 0 aliphatic carbocycles. The van der Waals surface area contributed by atoms with E-state index in [9.17, 15) is 24.5 Å². The van der Waals surface area contributed by atoms with Gasteiger partial charge in [0.25, 0.3) is 11.2 Å². The first kappa shape index (κ1) is 15.7. The fourth-order valence-electron chi connectivity index (χ4n) is 2.51. The zero-order chi connectivity index (χ0) is 16.3. The molecule has 0 radical (unpaired) electrons. The van der Waals surface area contributed by atoms with Gasteiger partial charge in [-0.1, -0.05) is 0 Å². The van der Waals surface area contributed by atoms with Crippen LogP contribution in [0.15, 0.2) is 23.1 Å². The van der Waals surface area contributed by atoms with E-state index in [0.29, 0.717) is 13.0 Å². The molecular weight excluding hydrogens is 292 g/mol. The molecule has 0 spiro atoms. The monoisotopic (exact) mass is 308 g/mol. The van der Waals surface area contributed by atoms with Crippen molar-refractivity contribution in [3.8, 4) is 0 Å². The normalized spacial score (nSPS) is 18.0. The number of piperidine rings is 1. The predicted molar refractivity (Wildman–Crippen MR) is 75.9 cm³/mol. The van der Waals surface area contributed by atoms with Crippen LogP contribution in [0.1, 0.15) is 19.3 Å². The Morgan fingerprint density at radius 2 is 2.09 bits per heavy atom. The Kier molecular flexibility index (Phi) is 4.54. The quantitative estimate of drug-likeness (QED) is 0.599. The van der Waals surface area contributed by atoms with Gasteiger partial charge < -0.3 is 10.6 Å². The van der Waals surface area contributed by atoms with Crippen LogP contribution in [0.25, 0.3) is 0 Å². The maximum Gasteiger partial charge on any atom is 0.285 e. The summed E-state index contributed by atoms with van der Waals surface area (Å²) in [6, 6.07) is 1.43. The summed E-state index contributed by atoms with van der Waals surface area (Å²) in [6.45, 7) is 0.0282. The van der Waals surface area contributed by atoms with Crippen LogP contribution in [0.4, 0.5) is 5.69 Å². The van der Waals surface area contributed by atoms with E-state index in [1.54, 1.807) is 0 Å². The molecule has 2 rings (SSSR count). The molecular formula is C13H16N4O5. The van der Waals surface area contributed by atoms with Gasteiger partial charge in [-0.2, -0.15) is 0 Å². The molecule has 1 aliphatic rings. The molecule has 1 fully saturated rings. The summed E-state index contributed by atoms with van der Waals surface area (Å²) < 4.78 is 0.965. The smallest absolute Gasteiger partial charge is 0.285 e. The zero-order valence-electron chi connectivity index (χ0n) is 11.8. The minimum absolute atomic E-state index is 0.280. The molecule has 9 nitrogen and oxygen atoms in total. The molecule has 118 valence electrons. The van der Waals surface area contributed by atoms with E-state index in [1.807, 2.05) is 0 Å². The number of primary amides is 1. The molecule has 1 aliphatic heterocycles. The molecule has 1 aromatic rings. The highest BCUT2D eigenvalue weighted by Crippen LogP contribution is 2.17. The van der Waals surface area contributed by atoms with E-state index >= 15 is 0 Å². The molecule has 2 N–H and O–H groups in total. The van der Waals surface area contributed by atoms with Crippen LogP contribution in [0.3, 0.4) is 0 Å². The molecule has 2 amide bonds. The van der Waals surface area contributed by atoms with Crippen LogP contribution in [0.2, 0.25) is 0 Å². The van der Waals surface area contributed by atoms with Gasteiger partial charge >= 0.3 is 0 Å². The second kappa shape index (κ2) is 6.37. The number of hydrogen-bond acceptors (Lipinski definition) is 5. The van der Waals surface area contributed by atoms with Gasteiger partial charge in [0.15, 0.2) is 0 Å². The van der Waals surface area contributed by atoms with Crippen molar-refractivity contribution in [1.82, 2.24) is 9.47 Å². The van der Waals surface area contributed by atoms with E-state index in [-0.39, 0.29) is 12.2 Å². The number of amides is 2. The number of nitrogens with zero attached hydrogens (tertiary/aromatic N) is 3. The number of pyridine rings is 1. The van der Waals surface area contributed by atoms with Crippen LogP contribution in [0.5, 0.6) is 0 Å². The Balaban J connectivity index is 2.20. The minimum atomic E-state index is -0.685. The largest absolute Gasteiger partial charge is 0.368 e. The first-order valence-corrected chi connectivity index (χ1v) is 6.84. The van der Waals surface area contributed by atoms with E-state index in [0.717, 1.165) is 35.7 Å². The van der Waals surface area contributed by atoms with Gasteiger partial charge in [-0.3, -0.25) is 29.1 Å². The fraction of sp³-hybridized carbons (Fsp3) is 0.462. The Morgan fingerprint density at radius 1 is 1.36 bits per heavy atom. The Morgan fingerprint density at radius 3 is 2.73 bits per heavy atom. The summed E-state index contributed by atoms with van der Waals surface area (Å²) in [7, 11) is 0. The number of hydrogen-bond donors (Lipinski definition) is 1. The molecule has 0 saturated carbocycles. The van der Waals surface area contributed by atoms with Crippen LogP contribution in [-0.4, -0.2) is 38.8 Å². The highest BCUT2D eigenvalue weighted by Gasteiger charge is 2.30. The second-order valence-electron chi connectivity index (χ2n) is 5.11. The van der Waals surface area contributed by atoms with Crippen molar-refractivity contribution in [1.29, 1.82) is 0 Å². The summed E-state index contributed by atoms with van der Waals surface area (Å²) in [4.78, 5) is 46.8. The topological polar surface area (TPSA) is 129 Å². The Bertz CT molecular complexity index is 669. The zero-order valence-corrected chi connectivity index (χ0v) is 11.8. The van der Waals surface area contributed by atoms with Crippen LogP contribution < -0.4 is 11.3 Å². The Hall–Kier alpha value is -2.71. The third-order valence-electron chi connectivity index (χ3n) is 3.64. The lowest BCUT2D eigenvalue weighted by Gasteiger charge is -2.33. The second-order valence-corrected chi connectivity index (χ2v) is 5.11. The van der Waals surface area contributed by atoms with Crippen molar-refractivity contribution < 1.29 is 14.5 Å². The van der Waals surface area contributed by atoms with Gasteiger partial charge in [-0.05, 0) is 19.3 Å². The number of aromatic nitrogens is 1. The standard InChI is InChI=1S/C13H16N4O5/c14-13(20)10-3-1-2-6-16(10)12(19)8-15-7-9(17(21)22)4-5-11(15)18/h4-5,7,10H,1-3,6,8H2,(H2,14,20). The molecule has 1 atom stereocenters. The van der Waals surface area contributed by atoms with Crippen molar-refractivity contribution >= 4 is 17.5 Å². The van der Waals surface area contributed by atoms with E-state index in [4.69, 9.17) is 5.73 Å². The van der Waals surface area contributed by atoms with Crippen molar-refractivity contribution in [2.24, 2.45) is 5.73 Å². The van der Waals surface area contributed by atoms with Crippen molar-refractivity contribution in [3.05, 3.63) is 38.8 Å². The first-order valence-electron chi connectivity index (χ1n) is 6.84. The van der Waals surface area contributed by atoms with Crippen molar-refractivity contribution in [3.63, 3.8) is 0 Å². The summed E-state index contributed by atoms with van der Waals surface area (Å²) in [6.07, 6.45) is 3.06. The van der Waals surface area contributed by atoms with E-state index in [2.05, 4.69) is 0 Å². The average molecular weight is 308 g/mol. The summed E-state index contributed by atoms with van der Waals surface area (Å²) in [5, 5.41) is 10.7. The number of rotatable bonds is 4. The van der Waals surface area contributed by atoms with E-state index in [1.165, 1.54) is 4.90 Å². The Labute approximate surface area is 125 Å². The first-order chi connectivity index (χ1) is 10.4. The number of carbonyl (C=O) groups excluding carboxylic acids is 2. The number of nitro groups is 1. The lowest BCUT2D eigenvalue weighted by atomic mass is 10.0. The number of likely N-dealkylation sites (tertiary alicyclic amines) is 1. The van der Waals surface area contributed by atoms with Crippen LogP contribution in [-0.2, 0) is 16.1 Å². The van der Waals surface area contributed by atoms with Crippen LogP contribution in [0, 0.1) is 10.1 Å². The summed E-state index contributed by atoms with van der Waals surface area (Å²) >= 11 is 0. The fourth-order valence-corrected chi connectivity index (χ4v) is 2.51. The van der Waals surface area contributed by atoms with Crippen LogP contribution >= 0.6 is 0 Å². The highest BCUT2D eigenvalue weighted by atomic mass is 16.6. The third kappa shape index (κ3) is 3.30. The van der Waals surface area contributed by atoms with Gasteiger partial charge in [-0.25, -0.2) is 0 Å². The molecule has 1 unspecified atom stereocenters. The van der Waals surface area contributed by atoms with E-state index < -0.39 is 28.3 Å². The highest BCUT2D eigenvalue weighted by molar-refractivity contribution is 5.86. The predicted octanol–water partition coefficient (Wildman–Crippen LogP) is -0.377. The summed E-state index contributed by atoms with van der Waals surface area (Å²) in [5.74, 6) is -1.04. The van der Waals surface area contributed by atoms with Crippen molar-refractivity contribution in [2.45, 2.75) is 31.8 Å². The minimum Gasteiger partial charge on any atom is -0.368 e. The average Bonchev–Trinajstić information content (AvgIpc) is 2.49. The molecule has 0 aromatic carbocycles. The van der Waals surface area contributed by atoms with Gasteiger partial charge in [0.2, 0.25) is 11.8 Å². The molecule has 2 heterocycles. The molecule has 9 heteroatoms. The SMILES string of the molecule is NC(=O)C1CCCCN1C(=O)Cn1cc([N+](=O)[O-])ccc1=O. The molecule has 1 aromatic heterocycles. The molecule has 1 saturated heterocycles. The molecule has 0 bridgehead atoms. The maximum absolute atomic E-state index is 12.3. The van der Waals surface area contributed by atoms with Gasteiger partial charge in [0.05, 0.1) is 11.1 Å². The van der Waals surface area contributed by atoms with Crippen molar-refractivity contribution in [2.75, 3.05) is 6.54 Å². The lowest BCUT2D eigenvalue weighted by molar-refractivity contribution is -0.385. The third-order valence-corrected chi connectivity index (χ3v) is 3.64. The van der Waals surface area contributed by atoms with Gasteiger partial charge in [0, 0.05) is 18.7 Å². The van der Waals surface area contributed by atoms with Gasteiger partial charge in [-0.15, -0.1) is 0 Å². The number of carbonyl (C=O) groups is 2. The number of nitrogens with two attached hydrogens (primary N) is 1. The summed E-state index contributed by atoms with van der Waals surface area (Å²) in [5.41, 5.74) is 4.49. The maximum atomic E-state index is 12.3. The molecule has 22 heavy (non-hydrogen) atoms.